The largest absolute Gasteiger partial charge is 0.448 e. The average molecular weight is 645 g/mol. The summed E-state index contributed by atoms with van der Waals surface area (Å²) in [4.78, 5) is 39.9. The quantitative estimate of drug-likeness (QED) is 0.224. The number of ether oxygens (including phenoxy) is 1. The predicted octanol–water partition coefficient (Wildman–Crippen LogP) is 5.43. The van der Waals surface area contributed by atoms with E-state index in [0.717, 1.165) is 53.5 Å². The van der Waals surface area contributed by atoms with Crippen molar-refractivity contribution in [2.75, 3.05) is 26.5 Å². The van der Waals surface area contributed by atoms with Crippen molar-refractivity contribution in [2.24, 2.45) is 0 Å². The van der Waals surface area contributed by atoms with Crippen molar-refractivity contribution >= 4 is 38.8 Å². The Kier molecular flexibility index (Phi) is 10.4. The van der Waals surface area contributed by atoms with Crippen molar-refractivity contribution in [3.05, 3.63) is 95.6 Å². The fourth-order valence-electron chi connectivity index (χ4n) is 5.99. The van der Waals surface area contributed by atoms with Gasteiger partial charge in [0.05, 0.1) is 11.2 Å². The molecule has 2 N–H and O–H groups in total. The third-order valence-corrected chi connectivity index (χ3v) is 9.53. The fraction of sp³-hybridized carbons (Fsp3) is 0.343. The summed E-state index contributed by atoms with van der Waals surface area (Å²) in [5.74, 6) is -1.19. The van der Waals surface area contributed by atoms with Gasteiger partial charge in [-0.1, -0.05) is 86.0 Å². The molecule has 46 heavy (non-hydrogen) atoms. The van der Waals surface area contributed by atoms with Gasteiger partial charge in [-0.05, 0) is 47.6 Å². The molecule has 4 aromatic rings. The van der Waals surface area contributed by atoms with Crippen LogP contribution in [-0.2, 0) is 32.6 Å². The number of rotatable bonds is 11. The van der Waals surface area contributed by atoms with Crippen molar-refractivity contribution < 1.29 is 27.5 Å². The zero-order valence-electron chi connectivity index (χ0n) is 26.2. The minimum absolute atomic E-state index is 0.0630. The molecule has 1 aromatic heterocycles. The molecule has 0 unspecified atom stereocenters. The molecule has 0 aliphatic heterocycles. The third kappa shape index (κ3) is 7.95. The second-order valence-corrected chi connectivity index (χ2v) is 13.6. The van der Waals surface area contributed by atoms with Crippen LogP contribution < -0.4 is 10.0 Å². The van der Waals surface area contributed by atoms with Crippen LogP contribution >= 0.6 is 0 Å². The smallest absolute Gasteiger partial charge is 0.407 e. The normalized spacial score (nSPS) is 13.7. The lowest BCUT2D eigenvalue weighted by atomic mass is 9.82. The molecule has 1 aliphatic carbocycles. The number of sulfonamides is 1. The molecule has 3 aromatic carbocycles. The Balaban J connectivity index is 1.38. The van der Waals surface area contributed by atoms with Gasteiger partial charge in [-0.2, -0.15) is 0 Å². The van der Waals surface area contributed by atoms with Gasteiger partial charge in [-0.3, -0.25) is 9.59 Å². The van der Waals surface area contributed by atoms with E-state index in [1.54, 1.807) is 26.2 Å². The summed E-state index contributed by atoms with van der Waals surface area (Å²) in [6.45, 7) is -0.127. The summed E-state index contributed by atoms with van der Waals surface area (Å²) >= 11 is 0. The number of alkyl carbamates (subject to hydrolysis) is 1. The first-order valence-corrected chi connectivity index (χ1v) is 17.2. The number of amides is 3. The minimum atomic E-state index is -4.12. The summed E-state index contributed by atoms with van der Waals surface area (Å²) < 4.78 is 34.6. The maximum Gasteiger partial charge on any atom is 0.407 e. The standard InChI is InChI=1S/C35H40N4O6S/c1-38(2)31(40)24-39-30-22-28(34(41)37-46(43,44)21-20-45-35(42)36-23-25-12-6-3-7-13-25)18-19-29(30)32(26-14-8-4-9-15-26)33(39)27-16-10-5-11-17-27/h3,5-7,10-13,16-19,22,26H,4,8-9,14-15,20-21,23-24H2,1-2H3,(H,36,42)(H,37,41). The van der Waals surface area contributed by atoms with E-state index >= 15 is 0 Å². The lowest BCUT2D eigenvalue weighted by Gasteiger charge is -2.24. The van der Waals surface area contributed by atoms with Crippen molar-refractivity contribution in [3.63, 3.8) is 0 Å². The van der Waals surface area contributed by atoms with Crippen molar-refractivity contribution in [3.8, 4) is 11.3 Å². The molecule has 10 nitrogen and oxygen atoms in total. The number of hydrogen-bond donors (Lipinski definition) is 2. The summed E-state index contributed by atoms with van der Waals surface area (Å²) in [6, 6.07) is 24.3. The molecular formula is C35H40N4O6S. The van der Waals surface area contributed by atoms with E-state index in [4.69, 9.17) is 4.74 Å². The van der Waals surface area contributed by atoms with Crippen LogP contribution in [0.25, 0.3) is 22.2 Å². The predicted molar refractivity (Wildman–Crippen MR) is 178 cm³/mol. The topological polar surface area (TPSA) is 127 Å². The van der Waals surface area contributed by atoms with Crippen molar-refractivity contribution in [1.29, 1.82) is 0 Å². The summed E-state index contributed by atoms with van der Waals surface area (Å²) in [5, 5.41) is 3.51. The molecule has 0 saturated heterocycles. The van der Waals surface area contributed by atoms with Gasteiger partial charge in [0.1, 0.15) is 18.9 Å². The highest BCUT2D eigenvalue weighted by Gasteiger charge is 2.28. The van der Waals surface area contributed by atoms with Crippen LogP contribution in [0.3, 0.4) is 0 Å². The number of likely N-dealkylation sites (N-methyl/N-ethyl adjacent to an activating group) is 1. The Morgan fingerprint density at radius 2 is 1.59 bits per heavy atom. The lowest BCUT2D eigenvalue weighted by Crippen LogP contribution is -2.35. The molecule has 3 amide bonds. The highest BCUT2D eigenvalue weighted by Crippen LogP contribution is 2.44. The van der Waals surface area contributed by atoms with E-state index in [-0.39, 0.29) is 24.6 Å². The SMILES string of the molecule is CN(C)C(=O)Cn1c(-c2ccccc2)c(C2CCCCC2)c2ccc(C(=O)NS(=O)(=O)CCOC(=O)NCc3ccccc3)cc21. The number of fused-ring (bicyclic) bond motifs is 1. The molecule has 1 heterocycles. The van der Waals surface area contributed by atoms with Gasteiger partial charge in [-0.25, -0.2) is 17.9 Å². The van der Waals surface area contributed by atoms with Crippen LogP contribution in [0.2, 0.25) is 0 Å². The molecule has 0 atom stereocenters. The number of nitrogens with zero attached hydrogens (tertiary/aromatic N) is 2. The van der Waals surface area contributed by atoms with Gasteiger partial charge >= 0.3 is 6.09 Å². The number of aromatic nitrogens is 1. The number of nitrogens with one attached hydrogen (secondary N) is 2. The molecule has 5 rings (SSSR count). The van der Waals surface area contributed by atoms with E-state index < -0.39 is 34.4 Å². The van der Waals surface area contributed by atoms with E-state index in [1.807, 2.05) is 71.3 Å². The first-order chi connectivity index (χ1) is 22.1. The number of carbonyl (C=O) groups excluding carboxylic acids is 3. The van der Waals surface area contributed by atoms with Crippen LogP contribution in [0, 0.1) is 0 Å². The second kappa shape index (κ2) is 14.6. The van der Waals surface area contributed by atoms with Gasteiger partial charge in [0.25, 0.3) is 5.91 Å². The van der Waals surface area contributed by atoms with Gasteiger partial charge < -0.3 is 19.5 Å². The second-order valence-electron chi connectivity index (χ2n) is 11.8. The Labute approximate surface area is 269 Å². The molecule has 0 radical (unpaired) electrons. The van der Waals surface area contributed by atoms with Crippen LogP contribution in [-0.4, -0.2) is 62.2 Å². The van der Waals surface area contributed by atoms with Crippen LogP contribution in [0.5, 0.6) is 0 Å². The maximum atomic E-state index is 13.3. The van der Waals surface area contributed by atoms with Crippen LogP contribution in [0.15, 0.2) is 78.9 Å². The van der Waals surface area contributed by atoms with Gasteiger partial charge in [0, 0.05) is 31.6 Å². The molecule has 242 valence electrons. The van der Waals surface area contributed by atoms with E-state index in [9.17, 15) is 22.8 Å². The highest BCUT2D eigenvalue weighted by atomic mass is 32.2. The lowest BCUT2D eigenvalue weighted by molar-refractivity contribution is -0.129. The minimum Gasteiger partial charge on any atom is -0.448 e. The van der Waals surface area contributed by atoms with E-state index in [2.05, 4.69) is 10.0 Å². The van der Waals surface area contributed by atoms with Crippen LogP contribution in [0.4, 0.5) is 4.79 Å². The Morgan fingerprint density at radius 3 is 2.26 bits per heavy atom. The number of hydrogen-bond acceptors (Lipinski definition) is 6. The molecule has 0 bridgehead atoms. The third-order valence-electron chi connectivity index (χ3n) is 8.33. The molecule has 0 spiro atoms. The summed E-state index contributed by atoms with van der Waals surface area (Å²) in [5.41, 5.74) is 4.80. The highest BCUT2D eigenvalue weighted by molar-refractivity contribution is 7.90. The van der Waals surface area contributed by atoms with Crippen molar-refractivity contribution in [1.82, 2.24) is 19.5 Å². The first-order valence-electron chi connectivity index (χ1n) is 15.5. The van der Waals surface area contributed by atoms with Crippen molar-refractivity contribution in [2.45, 2.75) is 51.1 Å². The van der Waals surface area contributed by atoms with Gasteiger partial charge in [-0.15, -0.1) is 0 Å². The van der Waals surface area contributed by atoms with Crippen LogP contribution in [0.1, 0.15) is 59.5 Å². The summed E-state index contributed by atoms with van der Waals surface area (Å²) in [6.07, 6.45) is 4.75. The Morgan fingerprint density at radius 1 is 0.913 bits per heavy atom. The molecule has 11 heteroatoms. The van der Waals surface area contributed by atoms with E-state index in [1.165, 1.54) is 11.3 Å². The summed E-state index contributed by atoms with van der Waals surface area (Å²) in [7, 11) is -0.707. The zero-order valence-corrected chi connectivity index (χ0v) is 27.0. The molecular weight excluding hydrogens is 604 g/mol. The van der Waals surface area contributed by atoms with Gasteiger partial charge in [0.2, 0.25) is 15.9 Å². The van der Waals surface area contributed by atoms with E-state index in [0.29, 0.717) is 11.4 Å². The monoisotopic (exact) mass is 644 g/mol. The Hall–Kier alpha value is -4.64. The zero-order chi connectivity index (χ0) is 32.7. The molecule has 1 fully saturated rings. The molecule has 1 saturated carbocycles. The Bertz CT molecular complexity index is 1800. The maximum absolute atomic E-state index is 13.3. The van der Waals surface area contributed by atoms with Gasteiger partial charge in [0.15, 0.2) is 0 Å². The number of benzene rings is 3. The average Bonchev–Trinajstić information content (AvgIpc) is 3.37. The molecule has 1 aliphatic rings. The first kappa shape index (κ1) is 32.7. The number of carbonyl (C=O) groups is 3. The fourth-order valence-corrected chi connectivity index (χ4v) is 6.79.